The Labute approximate surface area is 147 Å². The molecule has 126 valence electrons. The number of nitrogens with one attached hydrogen (secondary N) is 1. The number of carbonyl (C=O) groups is 1. The Balaban J connectivity index is 0.00000132. The summed E-state index contributed by atoms with van der Waals surface area (Å²) in [5.74, 6) is 0.688. The first-order valence-electron chi connectivity index (χ1n) is 7.16. The average Bonchev–Trinajstić information content (AvgIpc) is 3.17. The molecule has 1 fully saturated rings. The molecule has 2 aromatic rings. The van der Waals surface area contributed by atoms with Crippen molar-refractivity contribution in [2.45, 2.75) is 25.3 Å². The molecular formula is C15H20Cl2N4O2. The maximum atomic E-state index is 12.2. The molecule has 0 spiro atoms. The first kappa shape index (κ1) is 19.4. The van der Waals surface area contributed by atoms with Gasteiger partial charge >= 0.3 is 0 Å². The summed E-state index contributed by atoms with van der Waals surface area (Å²) in [7, 11) is 0. The Kier molecular flexibility index (Phi) is 7.48. The number of amides is 1. The van der Waals surface area contributed by atoms with Gasteiger partial charge in [0.2, 0.25) is 0 Å². The lowest BCUT2D eigenvalue weighted by molar-refractivity contribution is 0.0919. The van der Waals surface area contributed by atoms with Crippen molar-refractivity contribution in [3.8, 4) is 11.3 Å². The van der Waals surface area contributed by atoms with E-state index in [0.717, 1.165) is 24.8 Å². The number of halogens is 2. The highest BCUT2D eigenvalue weighted by Gasteiger charge is 2.28. The molecule has 0 aliphatic heterocycles. The van der Waals surface area contributed by atoms with Crippen molar-refractivity contribution in [2.75, 3.05) is 6.54 Å². The summed E-state index contributed by atoms with van der Waals surface area (Å²) in [6.07, 6.45) is 6.50. The van der Waals surface area contributed by atoms with Gasteiger partial charge in [0.05, 0.1) is 0 Å². The lowest BCUT2D eigenvalue weighted by atomic mass is 10.0. The van der Waals surface area contributed by atoms with E-state index in [-0.39, 0.29) is 42.5 Å². The minimum atomic E-state index is -0.209. The normalized spacial score (nSPS) is 19.5. The molecule has 23 heavy (non-hydrogen) atoms. The molecule has 0 aromatic carbocycles. The van der Waals surface area contributed by atoms with E-state index in [1.54, 1.807) is 18.5 Å². The zero-order valence-corrected chi connectivity index (χ0v) is 14.1. The molecule has 0 radical (unpaired) electrons. The molecule has 2 unspecified atom stereocenters. The van der Waals surface area contributed by atoms with Gasteiger partial charge < -0.3 is 15.6 Å². The van der Waals surface area contributed by atoms with Crippen LogP contribution in [0.3, 0.4) is 0 Å². The highest BCUT2D eigenvalue weighted by Crippen LogP contribution is 2.25. The third-order valence-electron chi connectivity index (χ3n) is 3.97. The Morgan fingerprint density at radius 3 is 2.91 bits per heavy atom. The van der Waals surface area contributed by atoms with Gasteiger partial charge in [0.25, 0.3) is 5.91 Å². The number of hydrogen-bond acceptors (Lipinski definition) is 5. The van der Waals surface area contributed by atoms with Gasteiger partial charge in [-0.1, -0.05) is 11.6 Å². The minimum absolute atomic E-state index is 0. The summed E-state index contributed by atoms with van der Waals surface area (Å²) in [5.41, 5.74) is 6.81. The molecule has 2 heterocycles. The quantitative estimate of drug-likeness (QED) is 0.875. The van der Waals surface area contributed by atoms with Crippen LogP contribution in [-0.2, 0) is 0 Å². The second kappa shape index (κ2) is 8.86. The van der Waals surface area contributed by atoms with Crippen LogP contribution in [0.15, 0.2) is 35.1 Å². The van der Waals surface area contributed by atoms with Gasteiger partial charge in [-0.2, -0.15) is 0 Å². The lowest BCUT2D eigenvalue weighted by Gasteiger charge is -2.18. The number of hydrogen-bond donors (Lipinski definition) is 2. The van der Waals surface area contributed by atoms with E-state index in [0.29, 0.717) is 18.2 Å². The Bertz CT molecular complexity index is 621. The summed E-state index contributed by atoms with van der Waals surface area (Å²) in [6.45, 7) is 0.602. The van der Waals surface area contributed by atoms with Gasteiger partial charge in [-0.05, 0) is 37.4 Å². The molecule has 2 aromatic heterocycles. The zero-order valence-electron chi connectivity index (χ0n) is 12.5. The van der Waals surface area contributed by atoms with Crippen molar-refractivity contribution in [3.63, 3.8) is 0 Å². The molecule has 1 saturated carbocycles. The number of carbonyl (C=O) groups excluding carboxylic acids is 1. The van der Waals surface area contributed by atoms with Crippen molar-refractivity contribution in [1.29, 1.82) is 0 Å². The van der Waals surface area contributed by atoms with Gasteiger partial charge in [-0.3, -0.25) is 9.78 Å². The van der Waals surface area contributed by atoms with Crippen molar-refractivity contribution in [2.24, 2.45) is 11.7 Å². The SMILES string of the molecule is Cl.Cl.NCC1CCCC1NC(=O)c1cc(-c2cccnc2)on1. The van der Waals surface area contributed by atoms with E-state index < -0.39 is 0 Å². The topological polar surface area (TPSA) is 94.0 Å². The van der Waals surface area contributed by atoms with Gasteiger partial charge in [0.15, 0.2) is 11.5 Å². The van der Waals surface area contributed by atoms with Crippen molar-refractivity contribution in [1.82, 2.24) is 15.5 Å². The standard InChI is InChI=1S/C15H18N4O2.2ClH/c16-8-10-3-1-5-12(10)18-15(20)13-7-14(21-19-13)11-4-2-6-17-9-11;;/h2,4,6-7,9-10,12H,1,3,5,8,16H2,(H,18,20);2*1H. The maximum Gasteiger partial charge on any atom is 0.273 e. The fourth-order valence-electron chi connectivity index (χ4n) is 2.78. The largest absolute Gasteiger partial charge is 0.355 e. The third kappa shape index (κ3) is 4.43. The number of pyridine rings is 1. The zero-order chi connectivity index (χ0) is 14.7. The molecule has 1 aliphatic rings. The van der Waals surface area contributed by atoms with E-state index in [1.807, 2.05) is 12.1 Å². The number of nitrogens with zero attached hydrogens (tertiary/aromatic N) is 2. The van der Waals surface area contributed by atoms with E-state index in [9.17, 15) is 4.79 Å². The predicted octanol–water partition coefficient (Wildman–Crippen LogP) is 2.44. The molecule has 1 aliphatic carbocycles. The fourth-order valence-corrected chi connectivity index (χ4v) is 2.78. The monoisotopic (exact) mass is 358 g/mol. The van der Waals surface area contributed by atoms with Gasteiger partial charge in [-0.25, -0.2) is 0 Å². The first-order valence-corrected chi connectivity index (χ1v) is 7.16. The summed E-state index contributed by atoms with van der Waals surface area (Å²) < 4.78 is 5.21. The van der Waals surface area contributed by atoms with Gasteiger partial charge in [0, 0.05) is 30.1 Å². The molecule has 3 N–H and O–H groups in total. The van der Waals surface area contributed by atoms with Crippen LogP contribution in [-0.4, -0.2) is 28.6 Å². The second-order valence-electron chi connectivity index (χ2n) is 5.32. The molecule has 6 nitrogen and oxygen atoms in total. The molecule has 1 amide bonds. The molecule has 0 bridgehead atoms. The molecular weight excluding hydrogens is 339 g/mol. The van der Waals surface area contributed by atoms with Crippen molar-refractivity contribution in [3.05, 3.63) is 36.3 Å². The molecule has 3 rings (SSSR count). The van der Waals surface area contributed by atoms with Crippen LogP contribution in [0.2, 0.25) is 0 Å². The van der Waals surface area contributed by atoms with Crippen LogP contribution in [0.5, 0.6) is 0 Å². The summed E-state index contributed by atoms with van der Waals surface area (Å²) in [5, 5.41) is 6.84. The number of aromatic nitrogens is 2. The van der Waals surface area contributed by atoms with E-state index in [4.69, 9.17) is 10.3 Å². The van der Waals surface area contributed by atoms with Crippen LogP contribution < -0.4 is 11.1 Å². The predicted molar refractivity (Wildman–Crippen MR) is 91.9 cm³/mol. The maximum absolute atomic E-state index is 12.2. The highest BCUT2D eigenvalue weighted by molar-refractivity contribution is 5.93. The average molecular weight is 359 g/mol. The minimum Gasteiger partial charge on any atom is -0.355 e. The van der Waals surface area contributed by atoms with Crippen LogP contribution in [0.25, 0.3) is 11.3 Å². The van der Waals surface area contributed by atoms with Crippen LogP contribution in [0.1, 0.15) is 29.8 Å². The van der Waals surface area contributed by atoms with E-state index >= 15 is 0 Å². The first-order chi connectivity index (χ1) is 10.3. The van der Waals surface area contributed by atoms with Crippen LogP contribution >= 0.6 is 24.8 Å². The fraction of sp³-hybridized carbons (Fsp3) is 0.400. The summed E-state index contributed by atoms with van der Waals surface area (Å²) in [4.78, 5) is 16.2. The number of rotatable bonds is 4. The van der Waals surface area contributed by atoms with Crippen molar-refractivity contribution >= 4 is 30.7 Å². The van der Waals surface area contributed by atoms with Crippen LogP contribution in [0.4, 0.5) is 0 Å². The third-order valence-corrected chi connectivity index (χ3v) is 3.97. The lowest BCUT2D eigenvalue weighted by Crippen LogP contribution is -2.39. The summed E-state index contributed by atoms with van der Waals surface area (Å²) >= 11 is 0. The van der Waals surface area contributed by atoms with Gasteiger partial charge in [-0.15, -0.1) is 24.8 Å². The summed E-state index contributed by atoms with van der Waals surface area (Å²) in [6, 6.07) is 5.44. The Hall–Kier alpha value is -1.63. The highest BCUT2D eigenvalue weighted by atomic mass is 35.5. The smallest absolute Gasteiger partial charge is 0.273 e. The second-order valence-corrected chi connectivity index (χ2v) is 5.32. The van der Waals surface area contributed by atoms with Crippen molar-refractivity contribution < 1.29 is 9.32 Å². The molecule has 2 atom stereocenters. The van der Waals surface area contributed by atoms with Crippen LogP contribution in [0, 0.1) is 5.92 Å². The van der Waals surface area contributed by atoms with E-state index in [2.05, 4.69) is 15.5 Å². The van der Waals surface area contributed by atoms with Gasteiger partial charge in [0.1, 0.15) is 0 Å². The Morgan fingerprint density at radius 1 is 1.39 bits per heavy atom. The van der Waals surface area contributed by atoms with E-state index in [1.165, 1.54) is 0 Å². The molecule has 8 heteroatoms. The molecule has 0 saturated heterocycles. The Morgan fingerprint density at radius 2 is 2.22 bits per heavy atom. The number of nitrogens with two attached hydrogens (primary N) is 1.